The van der Waals surface area contributed by atoms with Gasteiger partial charge in [0.15, 0.2) is 0 Å². The molecule has 0 saturated carbocycles. The molecule has 1 amide bonds. The van der Waals surface area contributed by atoms with Gasteiger partial charge in [0.25, 0.3) is 0 Å². The lowest BCUT2D eigenvalue weighted by Gasteiger charge is -2.35. The molecule has 0 heterocycles. The molecule has 0 aliphatic rings. The number of hydroxylamine groups is 2. The van der Waals surface area contributed by atoms with Gasteiger partial charge in [-0.05, 0) is 22.3 Å². The number of carbonyl (C=O) groups is 1. The quantitative estimate of drug-likeness (QED) is 0.102. The van der Waals surface area contributed by atoms with Crippen LogP contribution in [0.15, 0.2) is 121 Å². The van der Waals surface area contributed by atoms with Crippen molar-refractivity contribution in [3.05, 3.63) is 144 Å². The van der Waals surface area contributed by atoms with Crippen LogP contribution in [0.4, 0.5) is 0 Å². The Balaban J connectivity index is 1.58. The van der Waals surface area contributed by atoms with Crippen LogP contribution in [0.2, 0.25) is 0 Å². The van der Waals surface area contributed by atoms with Crippen LogP contribution in [-0.2, 0) is 55.0 Å². The third kappa shape index (κ3) is 10.5. The van der Waals surface area contributed by atoms with Gasteiger partial charge < -0.3 is 18.9 Å². The van der Waals surface area contributed by atoms with E-state index < -0.39 is 18.3 Å². The van der Waals surface area contributed by atoms with Crippen LogP contribution in [0.5, 0.6) is 0 Å². The highest BCUT2D eigenvalue weighted by atomic mass is 16.7. The van der Waals surface area contributed by atoms with Gasteiger partial charge >= 0.3 is 0 Å². The first-order valence-corrected chi connectivity index (χ1v) is 14.1. The van der Waals surface area contributed by atoms with Gasteiger partial charge in [-0.1, -0.05) is 121 Å². The first kappa shape index (κ1) is 31.1. The molecule has 3 atom stereocenters. The van der Waals surface area contributed by atoms with Crippen molar-refractivity contribution in [2.45, 2.75) is 44.7 Å². The number of ether oxygens (including phenoxy) is 4. The Morgan fingerprint density at radius 2 is 0.976 bits per heavy atom. The molecule has 0 radical (unpaired) electrons. The molecular formula is C35H39NO6. The van der Waals surface area contributed by atoms with Gasteiger partial charge in [0.2, 0.25) is 6.41 Å². The third-order valence-electron chi connectivity index (χ3n) is 6.68. The molecule has 3 unspecified atom stereocenters. The van der Waals surface area contributed by atoms with Gasteiger partial charge in [-0.2, -0.15) is 0 Å². The van der Waals surface area contributed by atoms with Gasteiger partial charge in [0.05, 0.1) is 33.0 Å². The van der Waals surface area contributed by atoms with Crippen molar-refractivity contribution in [3.63, 3.8) is 0 Å². The van der Waals surface area contributed by atoms with E-state index in [1.807, 2.05) is 121 Å². The minimum absolute atomic E-state index is 0.123. The van der Waals surface area contributed by atoms with Crippen LogP contribution in [0.3, 0.4) is 0 Å². The van der Waals surface area contributed by atoms with Gasteiger partial charge in [-0.15, -0.1) is 0 Å². The molecule has 7 heteroatoms. The second kappa shape index (κ2) is 17.9. The summed E-state index contributed by atoms with van der Waals surface area (Å²) < 4.78 is 25.1. The summed E-state index contributed by atoms with van der Waals surface area (Å²) in [6.07, 6.45) is -1.03. The molecular weight excluding hydrogens is 530 g/mol. The van der Waals surface area contributed by atoms with Gasteiger partial charge in [-0.3, -0.25) is 9.63 Å². The van der Waals surface area contributed by atoms with Crippen LogP contribution >= 0.6 is 0 Å². The summed E-state index contributed by atoms with van der Waals surface area (Å²) in [7, 11) is 1.63. The van der Waals surface area contributed by atoms with Crippen molar-refractivity contribution >= 4 is 6.41 Å². The Morgan fingerprint density at radius 3 is 1.40 bits per heavy atom. The maximum absolute atomic E-state index is 12.2. The summed E-state index contributed by atoms with van der Waals surface area (Å²) in [6, 6.07) is 39.5. The monoisotopic (exact) mass is 569 g/mol. The SMILES string of the molecule is COCC(OCc1ccccc1)C(OCc1ccccc1)C(CN(C=O)OCc1ccccc1)OCc1ccccc1. The van der Waals surface area contributed by atoms with Crippen molar-refractivity contribution in [3.8, 4) is 0 Å². The van der Waals surface area contributed by atoms with E-state index in [2.05, 4.69) is 0 Å². The molecule has 4 rings (SSSR count). The zero-order chi connectivity index (χ0) is 29.2. The van der Waals surface area contributed by atoms with E-state index in [0.29, 0.717) is 26.2 Å². The molecule has 0 N–H and O–H groups in total. The summed E-state index contributed by atoms with van der Waals surface area (Å²) in [6.45, 7) is 1.65. The third-order valence-corrected chi connectivity index (χ3v) is 6.68. The maximum Gasteiger partial charge on any atom is 0.233 e. The highest BCUT2D eigenvalue weighted by molar-refractivity contribution is 5.45. The van der Waals surface area contributed by atoms with Crippen LogP contribution in [-0.4, -0.2) is 50.0 Å². The van der Waals surface area contributed by atoms with Crippen LogP contribution in [0.1, 0.15) is 22.3 Å². The first-order valence-electron chi connectivity index (χ1n) is 14.1. The second-order valence-electron chi connectivity index (χ2n) is 9.85. The first-order chi connectivity index (χ1) is 20.7. The van der Waals surface area contributed by atoms with E-state index >= 15 is 0 Å². The Kier molecular flexibility index (Phi) is 13.2. The number of benzene rings is 4. The average Bonchev–Trinajstić information content (AvgIpc) is 3.05. The minimum atomic E-state index is -0.606. The normalized spacial score (nSPS) is 13.3. The molecule has 0 spiro atoms. The Bertz CT molecular complexity index is 1260. The molecule has 220 valence electrons. The molecule has 0 bridgehead atoms. The topological polar surface area (TPSA) is 66.5 Å². The fourth-order valence-corrected chi connectivity index (χ4v) is 4.46. The smallest absolute Gasteiger partial charge is 0.233 e. The minimum Gasteiger partial charge on any atom is -0.382 e. The van der Waals surface area contributed by atoms with Crippen molar-refractivity contribution in [2.24, 2.45) is 0 Å². The molecule has 0 aromatic heterocycles. The van der Waals surface area contributed by atoms with Gasteiger partial charge in [-0.25, -0.2) is 5.06 Å². The predicted octanol–water partition coefficient (Wildman–Crippen LogP) is 5.98. The second-order valence-corrected chi connectivity index (χ2v) is 9.85. The lowest BCUT2D eigenvalue weighted by atomic mass is 10.1. The fourth-order valence-electron chi connectivity index (χ4n) is 4.46. The van der Waals surface area contributed by atoms with E-state index in [0.717, 1.165) is 22.3 Å². The predicted molar refractivity (Wildman–Crippen MR) is 161 cm³/mol. The molecule has 0 fully saturated rings. The summed E-state index contributed by atoms with van der Waals surface area (Å²) in [5, 5.41) is 1.27. The zero-order valence-electron chi connectivity index (χ0n) is 24.0. The Morgan fingerprint density at radius 1 is 0.571 bits per heavy atom. The average molecular weight is 570 g/mol. The molecule has 0 aliphatic heterocycles. The van der Waals surface area contributed by atoms with Crippen molar-refractivity contribution in [2.75, 3.05) is 20.3 Å². The van der Waals surface area contributed by atoms with Crippen LogP contribution in [0.25, 0.3) is 0 Å². The molecule has 42 heavy (non-hydrogen) atoms. The van der Waals surface area contributed by atoms with E-state index in [9.17, 15) is 4.79 Å². The Hall–Kier alpha value is -3.85. The van der Waals surface area contributed by atoms with E-state index in [1.165, 1.54) is 5.06 Å². The number of carbonyl (C=O) groups excluding carboxylic acids is 1. The maximum atomic E-state index is 12.2. The van der Waals surface area contributed by atoms with Crippen molar-refractivity contribution in [1.29, 1.82) is 0 Å². The van der Waals surface area contributed by atoms with Crippen molar-refractivity contribution < 1.29 is 28.6 Å². The standard InChI is InChI=1S/C35H39NO6/c1-38-27-34(40-24-30-16-8-3-9-17-30)35(41-25-31-18-10-4-11-19-31)33(39-23-29-14-6-2-7-15-29)22-36(28-37)42-26-32-20-12-5-13-21-32/h2-21,28,33-35H,22-27H2,1H3. The number of rotatable bonds is 19. The molecule has 4 aromatic rings. The number of hydrogen-bond donors (Lipinski definition) is 0. The highest BCUT2D eigenvalue weighted by Gasteiger charge is 2.34. The lowest BCUT2D eigenvalue weighted by Crippen LogP contribution is -2.49. The Labute approximate surface area is 248 Å². The summed E-state index contributed by atoms with van der Waals surface area (Å²) >= 11 is 0. The van der Waals surface area contributed by atoms with E-state index in [4.69, 9.17) is 23.8 Å². The van der Waals surface area contributed by atoms with E-state index in [1.54, 1.807) is 7.11 Å². The van der Waals surface area contributed by atoms with Gasteiger partial charge in [0, 0.05) is 7.11 Å². The number of nitrogens with zero attached hydrogens (tertiary/aromatic N) is 1. The molecule has 7 nitrogen and oxygen atoms in total. The lowest BCUT2D eigenvalue weighted by molar-refractivity contribution is -0.211. The van der Waals surface area contributed by atoms with Crippen LogP contribution in [0, 0.1) is 0 Å². The fraction of sp³-hybridized carbons (Fsp3) is 0.286. The van der Waals surface area contributed by atoms with Crippen LogP contribution < -0.4 is 0 Å². The number of hydrogen-bond acceptors (Lipinski definition) is 6. The molecule has 4 aromatic carbocycles. The largest absolute Gasteiger partial charge is 0.382 e. The summed E-state index contributed by atoms with van der Waals surface area (Å²) in [5.74, 6) is 0. The number of amides is 1. The molecule has 0 aliphatic carbocycles. The highest BCUT2D eigenvalue weighted by Crippen LogP contribution is 2.20. The zero-order valence-corrected chi connectivity index (χ0v) is 24.0. The van der Waals surface area contributed by atoms with Gasteiger partial charge in [0.1, 0.15) is 24.9 Å². The van der Waals surface area contributed by atoms with Crippen molar-refractivity contribution in [1.82, 2.24) is 5.06 Å². The summed E-state index contributed by atoms with van der Waals surface area (Å²) in [5.41, 5.74) is 3.99. The molecule has 0 saturated heterocycles. The number of methoxy groups -OCH3 is 1. The van der Waals surface area contributed by atoms with E-state index in [-0.39, 0.29) is 19.8 Å². The summed E-state index contributed by atoms with van der Waals surface area (Å²) in [4.78, 5) is 18.1.